The third kappa shape index (κ3) is 7.16. The second-order valence-corrected chi connectivity index (χ2v) is 13.2. The molecule has 226 valence electrons. The zero-order valence-corrected chi connectivity index (χ0v) is 24.3. The zero-order valence-electron chi connectivity index (χ0n) is 23.5. The molecule has 1 aromatic heterocycles. The lowest BCUT2D eigenvalue weighted by Gasteiger charge is -2.38. The van der Waals surface area contributed by atoms with Crippen LogP contribution in [0.25, 0.3) is 17.0 Å². The number of anilines is 1. The van der Waals surface area contributed by atoms with Crippen LogP contribution in [0.15, 0.2) is 42.6 Å². The van der Waals surface area contributed by atoms with Crippen molar-refractivity contribution in [2.24, 2.45) is 11.7 Å². The number of nitrogens with two attached hydrogens (primary N) is 1. The summed E-state index contributed by atoms with van der Waals surface area (Å²) in [6.07, 6.45) is 9.22. The maximum Gasteiger partial charge on any atom is 0.246 e. The molecule has 0 aliphatic carbocycles. The Kier molecular flexibility index (Phi) is 8.95. The van der Waals surface area contributed by atoms with Crippen molar-refractivity contribution in [2.45, 2.75) is 37.6 Å². The lowest BCUT2D eigenvalue weighted by Crippen LogP contribution is -2.48. The average molecular weight is 604 g/mol. The molecule has 1 unspecified atom stereocenters. The summed E-state index contributed by atoms with van der Waals surface area (Å²) in [5.41, 5.74) is 9.44. The van der Waals surface area contributed by atoms with Gasteiger partial charge in [0.05, 0.1) is 6.26 Å². The first-order valence-electron chi connectivity index (χ1n) is 14.1. The fourth-order valence-corrected chi connectivity index (χ4v) is 6.68. The molecule has 0 spiro atoms. The Morgan fingerprint density at radius 1 is 1.07 bits per heavy atom. The third-order valence-corrected chi connectivity index (χ3v) is 9.00. The Balaban J connectivity index is 1.09. The third-order valence-electron chi connectivity index (χ3n) is 8.39. The van der Waals surface area contributed by atoms with Gasteiger partial charge in [0.1, 0.15) is 0 Å². The number of carbonyl (C=O) groups excluding carboxylic acids is 1. The number of nitrogens with zero attached hydrogens (tertiary/aromatic N) is 2. The maximum absolute atomic E-state index is 13.4. The van der Waals surface area contributed by atoms with Crippen LogP contribution in [0.3, 0.4) is 0 Å². The van der Waals surface area contributed by atoms with Crippen LogP contribution in [0.1, 0.15) is 42.7 Å². The number of halogens is 3. The molecular formula is C30H36F3N5O3S. The number of fused-ring (bicyclic) bond motifs is 1. The van der Waals surface area contributed by atoms with Crippen molar-refractivity contribution in [1.29, 1.82) is 0 Å². The highest BCUT2D eigenvalue weighted by molar-refractivity contribution is 7.92. The number of aromatic amines is 1. The molecule has 42 heavy (non-hydrogen) atoms. The van der Waals surface area contributed by atoms with E-state index in [1.54, 1.807) is 11.0 Å². The zero-order chi connectivity index (χ0) is 30.0. The molecule has 2 fully saturated rings. The van der Waals surface area contributed by atoms with Crippen LogP contribution in [-0.2, 0) is 14.8 Å². The maximum atomic E-state index is 13.4. The highest BCUT2D eigenvalue weighted by Gasteiger charge is 2.29. The van der Waals surface area contributed by atoms with Crippen molar-refractivity contribution >= 4 is 38.6 Å². The minimum Gasteiger partial charge on any atom is -0.361 e. The Labute approximate surface area is 243 Å². The van der Waals surface area contributed by atoms with E-state index in [2.05, 4.69) is 14.6 Å². The number of sulfonamides is 1. The number of nitrogens with one attached hydrogen (secondary N) is 2. The molecule has 3 aromatic rings. The fraction of sp³-hybridized carbons (Fsp3) is 0.433. The lowest BCUT2D eigenvalue weighted by molar-refractivity contribution is -0.127. The molecule has 1 amide bonds. The SMILES string of the molecule is CS(=O)(=O)Nc1ccc2[nH]cc(C3CCN(CC(N)C4CCN(C(=O)/C=C/c5cc(F)c(F)c(F)c5)CC4)CC3)c2c1. The van der Waals surface area contributed by atoms with Gasteiger partial charge in [-0.05, 0) is 98.1 Å². The van der Waals surface area contributed by atoms with Gasteiger partial charge in [-0.1, -0.05) is 0 Å². The number of benzene rings is 2. The summed E-state index contributed by atoms with van der Waals surface area (Å²) in [6.45, 7) is 3.71. The monoisotopic (exact) mass is 603 g/mol. The largest absolute Gasteiger partial charge is 0.361 e. The number of carbonyl (C=O) groups is 1. The van der Waals surface area contributed by atoms with Gasteiger partial charge in [0, 0.05) is 54.5 Å². The number of likely N-dealkylation sites (tertiary alicyclic amines) is 2. The Morgan fingerprint density at radius 2 is 1.74 bits per heavy atom. The highest BCUT2D eigenvalue weighted by atomic mass is 32.2. The molecule has 12 heteroatoms. The quantitative estimate of drug-likeness (QED) is 0.261. The first-order valence-corrected chi connectivity index (χ1v) is 16.0. The number of hydrogen-bond donors (Lipinski definition) is 3. The van der Waals surface area contributed by atoms with Gasteiger partial charge in [-0.3, -0.25) is 9.52 Å². The summed E-state index contributed by atoms with van der Waals surface area (Å²) in [5.74, 6) is -3.73. The van der Waals surface area contributed by atoms with E-state index in [9.17, 15) is 26.4 Å². The molecule has 0 bridgehead atoms. The summed E-state index contributed by atoms with van der Waals surface area (Å²) in [5, 5.41) is 1.03. The number of hydrogen-bond acceptors (Lipinski definition) is 5. The van der Waals surface area contributed by atoms with E-state index >= 15 is 0 Å². The smallest absolute Gasteiger partial charge is 0.246 e. The number of amides is 1. The van der Waals surface area contributed by atoms with Crippen LogP contribution in [0, 0.1) is 23.4 Å². The van der Waals surface area contributed by atoms with Gasteiger partial charge in [0.2, 0.25) is 15.9 Å². The number of piperidine rings is 2. The van der Waals surface area contributed by atoms with Gasteiger partial charge in [-0.25, -0.2) is 21.6 Å². The number of H-pyrrole nitrogens is 1. The molecule has 3 heterocycles. The van der Waals surface area contributed by atoms with Crippen LogP contribution < -0.4 is 10.5 Å². The fourth-order valence-electron chi connectivity index (χ4n) is 6.12. The highest BCUT2D eigenvalue weighted by Crippen LogP contribution is 2.35. The molecule has 1 atom stereocenters. The summed E-state index contributed by atoms with van der Waals surface area (Å²) in [4.78, 5) is 20.0. The van der Waals surface area contributed by atoms with Crippen molar-refractivity contribution in [2.75, 3.05) is 43.7 Å². The van der Waals surface area contributed by atoms with Gasteiger partial charge in [-0.15, -0.1) is 0 Å². The Bertz CT molecular complexity index is 1550. The number of rotatable bonds is 8. The summed E-state index contributed by atoms with van der Waals surface area (Å²) in [7, 11) is -3.35. The van der Waals surface area contributed by atoms with Crippen molar-refractivity contribution in [3.05, 3.63) is 71.2 Å². The van der Waals surface area contributed by atoms with E-state index in [-0.39, 0.29) is 23.4 Å². The van der Waals surface area contributed by atoms with Crippen LogP contribution in [-0.4, -0.2) is 74.1 Å². The second-order valence-electron chi connectivity index (χ2n) is 11.4. The van der Waals surface area contributed by atoms with E-state index in [1.807, 2.05) is 18.3 Å². The summed E-state index contributed by atoms with van der Waals surface area (Å²) in [6, 6.07) is 7.22. The van der Waals surface area contributed by atoms with Crippen molar-refractivity contribution in [3.8, 4) is 0 Å². The van der Waals surface area contributed by atoms with E-state index < -0.39 is 27.5 Å². The molecule has 4 N–H and O–H groups in total. The topological polar surface area (TPSA) is 112 Å². The molecule has 0 saturated carbocycles. The minimum atomic E-state index is -3.35. The Hall–Kier alpha value is -3.35. The molecule has 2 aliphatic heterocycles. The van der Waals surface area contributed by atoms with Gasteiger partial charge >= 0.3 is 0 Å². The predicted octanol–water partition coefficient (Wildman–Crippen LogP) is 4.42. The van der Waals surface area contributed by atoms with E-state index in [1.165, 1.54) is 17.7 Å². The summed E-state index contributed by atoms with van der Waals surface area (Å²) >= 11 is 0. The lowest BCUT2D eigenvalue weighted by atomic mass is 9.87. The molecular weight excluding hydrogens is 567 g/mol. The van der Waals surface area contributed by atoms with Crippen LogP contribution in [0.5, 0.6) is 0 Å². The van der Waals surface area contributed by atoms with Gasteiger partial charge in [0.15, 0.2) is 17.5 Å². The molecule has 0 radical (unpaired) electrons. The minimum absolute atomic E-state index is 0.0165. The molecule has 8 nitrogen and oxygen atoms in total. The van der Waals surface area contributed by atoms with Crippen LogP contribution in [0.2, 0.25) is 0 Å². The first kappa shape index (κ1) is 30.1. The van der Waals surface area contributed by atoms with Gasteiger partial charge < -0.3 is 20.5 Å². The van der Waals surface area contributed by atoms with Gasteiger partial charge in [0.25, 0.3) is 0 Å². The van der Waals surface area contributed by atoms with Crippen LogP contribution in [0.4, 0.5) is 18.9 Å². The van der Waals surface area contributed by atoms with Crippen molar-refractivity contribution in [3.63, 3.8) is 0 Å². The standard InChI is InChI=1S/C30H36F3N5O3S/c1-42(40,41)36-22-3-4-28-23(16-22)24(17-35-28)20-6-10-37(11-7-20)18-27(34)21-8-12-38(13-9-21)29(39)5-2-19-14-25(31)30(33)26(32)15-19/h2-5,14-17,20-21,27,35-36H,6-13,18,34H2,1H3/b5-2+. The van der Waals surface area contributed by atoms with E-state index in [0.717, 1.165) is 74.6 Å². The number of aromatic nitrogens is 1. The van der Waals surface area contributed by atoms with E-state index in [4.69, 9.17) is 5.73 Å². The molecule has 5 rings (SSSR count). The second kappa shape index (κ2) is 12.5. The van der Waals surface area contributed by atoms with Crippen LogP contribution >= 0.6 is 0 Å². The molecule has 2 saturated heterocycles. The van der Waals surface area contributed by atoms with E-state index in [0.29, 0.717) is 24.7 Å². The molecule has 2 aliphatic rings. The van der Waals surface area contributed by atoms with Crippen molar-refractivity contribution < 1.29 is 26.4 Å². The van der Waals surface area contributed by atoms with Gasteiger partial charge in [-0.2, -0.15) is 0 Å². The first-order chi connectivity index (χ1) is 20.0. The predicted molar refractivity (Wildman–Crippen MR) is 158 cm³/mol. The molecule has 2 aromatic carbocycles. The average Bonchev–Trinajstić information content (AvgIpc) is 3.37. The normalized spacial score (nSPS) is 18.6. The summed E-state index contributed by atoms with van der Waals surface area (Å²) < 4.78 is 65.9. The Morgan fingerprint density at radius 3 is 2.38 bits per heavy atom. The van der Waals surface area contributed by atoms with Crippen molar-refractivity contribution in [1.82, 2.24) is 14.8 Å².